The Balaban J connectivity index is 1.89. The van der Waals surface area contributed by atoms with E-state index in [-0.39, 0.29) is 0 Å². The molecule has 0 atom stereocenters. The summed E-state index contributed by atoms with van der Waals surface area (Å²) in [6.07, 6.45) is 6.11. The number of hydrogen-bond donors (Lipinski definition) is 2. The third kappa shape index (κ3) is 2.59. The zero-order valence-corrected chi connectivity index (χ0v) is 9.39. The molecule has 0 aromatic carbocycles. The minimum absolute atomic E-state index is 0.776. The molecule has 0 fully saturated rings. The lowest BCUT2D eigenvalue weighted by Crippen LogP contribution is -2.15. The van der Waals surface area contributed by atoms with Crippen molar-refractivity contribution in [1.29, 1.82) is 0 Å². The highest BCUT2D eigenvalue weighted by Crippen LogP contribution is 2.09. The second kappa shape index (κ2) is 5.63. The molecule has 0 aliphatic carbocycles. The standard InChI is InChI=1S/C12H18N4/c13-6-2-3-7-14-9-11-10-15-16-8-4-1-5-12(11)16/h1,4-5,8,10,14H,2-3,6-7,9,13H2. The van der Waals surface area contributed by atoms with Gasteiger partial charge in [-0.1, -0.05) is 6.07 Å². The molecule has 0 spiro atoms. The lowest BCUT2D eigenvalue weighted by molar-refractivity contribution is 0.629. The van der Waals surface area contributed by atoms with Gasteiger partial charge in [0, 0.05) is 18.3 Å². The van der Waals surface area contributed by atoms with Gasteiger partial charge in [0.2, 0.25) is 0 Å². The van der Waals surface area contributed by atoms with E-state index >= 15 is 0 Å². The van der Waals surface area contributed by atoms with Crippen LogP contribution in [0.3, 0.4) is 0 Å². The van der Waals surface area contributed by atoms with Gasteiger partial charge in [-0.05, 0) is 38.1 Å². The molecule has 2 aromatic rings. The summed E-state index contributed by atoms with van der Waals surface area (Å²) in [5, 5.41) is 7.70. The van der Waals surface area contributed by atoms with Gasteiger partial charge in [0.15, 0.2) is 0 Å². The van der Waals surface area contributed by atoms with Crippen molar-refractivity contribution in [3.8, 4) is 0 Å². The van der Waals surface area contributed by atoms with E-state index in [0.717, 1.165) is 32.5 Å². The molecular formula is C12H18N4. The van der Waals surface area contributed by atoms with Crippen molar-refractivity contribution >= 4 is 5.52 Å². The lowest BCUT2D eigenvalue weighted by Gasteiger charge is -2.02. The molecule has 0 radical (unpaired) electrons. The molecule has 2 rings (SSSR count). The van der Waals surface area contributed by atoms with E-state index in [4.69, 9.17) is 5.73 Å². The number of aromatic nitrogens is 2. The Morgan fingerprint density at radius 1 is 1.31 bits per heavy atom. The van der Waals surface area contributed by atoms with Crippen LogP contribution in [0.2, 0.25) is 0 Å². The van der Waals surface area contributed by atoms with Crippen LogP contribution in [0.4, 0.5) is 0 Å². The molecule has 0 aliphatic heterocycles. The number of hydrogen-bond acceptors (Lipinski definition) is 3. The van der Waals surface area contributed by atoms with E-state index in [1.54, 1.807) is 0 Å². The number of pyridine rings is 1. The Kier molecular flexibility index (Phi) is 3.91. The van der Waals surface area contributed by atoms with E-state index in [2.05, 4.69) is 16.5 Å². The monoisotopic (exact) mass is 218 g/mol. The zero-order valence-electron chi connectivity index (χ0n) is 9.39. The van der Waals surface area contributed by atoms with Crippen molar-refractivity contribution in [3.63, 3.8) is 0 Å². The zero-order chi connectivity index (χ0) is 11.2. The Labute approximate surface area is 95.5 Å². The van der Waals surface area contributed by atoms with Gasteiger partial charge in [-0.15, -0.1) is 0 Å². The van der Waals surface area contributed by atoms with Crippen LogP contribution in [0, 0.1) is 0 Å². The van der Waals surface area contributed by atoms with Gasteiger partial charge in [-0.3, -0.25) is 0 Å². The average molecular weight is 218 g/mol. The highest BCUT2D eigenvalue weighted by Gasteiger charge is 2.01. The third-order valence-electron chi connectivity index (χ3n) is 2.63. The first-order valence-corrected chi connectivity index (χ1v) is 5.74. The van der Waals surface area contributed by atoms with Crippen LogP contribution < -0.4 is 11.1 Å². The third-order valence-corrected chi connectivity index (χ3v) is 2.63. The van der Waals surface area contributed by atoms with Crippen molar-refractivity contribution < 1.29 is 0 Å². The normalized spacial score (nSPS) is 11.1. The van der Waals surface area contributed by atoms with Gasteiger partial charge in [0.25, 0.3) is 0 Å². The Morgan fingerprint density at radius 2 is 2.25 bits per heavy atom. The van der Waals surface area contributed by atoms with Gasteiger partial charge < -0.3 is 11.1 Å². The Morgan fingerprint density at radius 3 is 3.12 bits per heavy atom. The lowest BCUT2D eigenvalue weighted by atomic mass is 10.2. The summed E-state index contributed by atoms with van der Waals surface area (Å²) >= 11 is 0. The van der Waals surface area contributed by atoms with Crippen LogP contribution >= 0.6 is 0 Å². The number of nitrogens with two attached hydrogens (primary N) is 1. The van der Waals surface area contributed by atoms with E-state index in [9.17, 15) is 0 Å². The Bertz CT molecular complexity index is 435. The predicted molar refractivity (Wildman–Crippen MR) is 65.2 cm³/mol. The minimum atomic E-state index is 0.776. The topological polar surface area (TPSA) is 55.3 Å². The van der Waals surface area contributed by atoms with Gasteiger partial charge in [-0.25, -0.2) is 4.52 Å². The van der Waals surface area contributed by atoms with Gasteiger partial charge in [0.1, 0.15) is 0 Å². The van der Waals surface area contributed by atoms with Crippen molar-refractivity contribution in [2.75, 3.05) is 13.1 Å². The molecule has 0 bridgehead atoms. The minimum Gasteiger partial charge on any atom is -0.330 e. The van der Waals surface area contributed by atoms with Gasteiger partial charge in [0.05, 0.1) is 11.7 Å². The molecule has 2 aromatic heterocycles. The van der Waals surface area contributed by atoms with Crippen molar-refractivity contribution in [2.45, 2.75) is 19.4 Å². The molecule has 2 heterocycles. The molecule has 16 heavy (non-hydrogen) atoms. The van der Waals surface area contributed by atoms with Crippen LogP contribution in [0.25, 0.3) is 5.52 Å². The highest BCUT2D eigenvalue weighted by atomic mass is 15.2. The second-order valence-electron chi connectivity index (χ2n) is 3.87. The summed E-state index contributed by atoms with van der Waals surface area (Å²) in [5.41, 5.74) is 7.86. The molecular weight excluding hydrogens is 200 g/mol. The fourth-order valence-corrected chi connectivity index (χ4v) is 1.74. The fourth-order valence-electron chi connectivity index (χ4n) is 1.74. The number of fused-ring (bicyclic) bond motifs is 1. The summed E-state index contributed by atoms with van der Waals surface area (Å²) in [6.45, 7) is 2.66. The molecule has 0 unspecified atom stereocenters. The number of nitrogens with zero attached hydrogens (tertiary/aromatic N) is 2. The predicted octanol–water partition coefficient (Wildman–Crippen LogP) is 1.16. The van der Waals surface area contributed by atoms with E-state index < -0.39 is 0 Å². The largest absolute Gasteiger partial charge is 0.330 e. The highest BCUT2D eigenvalue weighted by molar-refractivity contribution is 5.53. The summed E-state index contributed by atoms with van der Waals surface area (Å²) in [4.78, 5) is 0. The smallest absolute Gasteiger partial charge is 0.0706 e. The first-order chi connectivity index (χ1) is 7.92. The maximum Gasteiger partial charge on any atom is 0.0706 e. The molecule has 86 valence electrons. The van der Waals surface area contributed by atoms with Crippen LogP contribution in [-0.2, 0) is 6.54 Å². The summed E-state index contributed by atoms with van der Waals surface area (Å²) in [7, 11) is 0. The Hall–Kier alpha value is -1.39. The molecule has 0 amide bonds. The van der Waals surface area contributed by atoms with E-state index in [0.29, 0.717) is 0 Å². The second-order valence-corrected chi connectivity index (χ2v) is 3.87. The SMILES string of the molecule is NCCCCNCc1cnn2ccccc12. The average Bonchev–Trinajstić information content (AvgIpc) is 2.73. The number of rotatable bonds is 6. The first-order valence-electron chi connectivity index (χ1n) is 5.74. The van der Waals surface area contributed by atoms with Crippen molar-refractivity contribution in [3.05, 3.63) is 36.2 Å². The summed E-state index contributed by atoms with van der Waals surface area (Å²) in [6, 6.07) is 6.11. The molecule has 4 nitrogen and oxygen atoms in total. The van der Waals surface area contributed by atoms with Crippen LogP contribution in [0.15, 0.2) is 30.6 Å². The molecule has 0 saturated carbocycles. The van der Waals surface area contributed by atoms with Gasteiger partial charge in [-0.2, -0.15) is 5.10 Å². The molecule has 3 N–H and O–H groups in total. The van der Waals surface area contributed by atoms with Crippen molar-refractivity contribution in [1.82, 2.24) is 14.9 Å². The maximum absolute atomic E-state index is 5.44. The van der Waals surface area contributed by atoms with E-state index in [1.165, 1.54) is 11.1 Å². The fraction of sp³-hybridized carbons (Fsp3) is 0.417. The number of nitrogens with one attached hydrogen (secondary N) is 1. The molecule has 0 saturated heterocycles. The summed E-state index contributed by atoms with van der Waals surface area (Å²) in [5.74, 6) is 0. The molecule has 0 aliphatic rings. The first kappa shape index (κ1) is 11.1. The van der Waals surface area contributed by atoms with Crippen molar-refractivity contribution in [2.24, 2.45) is 5.73 Å². The quantitative estimate of drug-likeness (QED) is 0.715. The van der Waals surface area contributed by atoms with Gasteiger partial charge >= 0.3 is 0 Å². The van der Waals surface area contributed by atoms with Crippen LogP contribution in [0.1, 0.15) is 18.4 Å². The molecule has 4 heteroatoms. The summed E-state index contributed by atoms with van der Waals surface area (Å²) < 4.78 is 1.90. The van der Waals surface area contributed by atoms with Crippen LogP contribution in [-0.4, -0.2) is 22.7 Å². The maximum atomic E-state index is 5.44. The van der Waals surface area contributed by atoms with E-state index in [1.807, 2.05) is 29.0 Å². The van der Waals surface area contributed by atoms with Crippen LogP contribution in [0.5, 0.6) is 0 Å². The number of unbranched alkanes of at least 4 members (excludes halogenated alkanes) is 1.